The zero-order valence-electron chi connectivity index (χ0n) is 8.48. The molecule has 4 nitrogen and oxygen atoms in total. The van der Waals surface area contributed by atoms with Crippen molar-refractivity contribution in [1.29, 1.82) is 0 Å². The predicted molar refractivity (Wildman–Crippen MR) is 62.2 cm³/mol. The Kier molecular flexibility index (Phi) is 4.24. The van der Waals surface area contributed by atoms with Gasteiger partial charge in [0.2, 0.25) is 0 Å². The van der Waals surface area contributed by atoms with Crippen LogP contribution in [0, 0.1) is 0 Å². The fraction of sp³-hybridized carbons (Fsp3) is 0.300. The Labute approximate surface area is 93.9 Å². The summed E-state index contributed by atoms with van der Waals surface area (Å²) in [6.07, 6.45) is -0.0921. The highest BCUT2D eigenvalue weighted by molar-refractivity contribution is 6.30. The topological polar surface area (TPSA) is 73.6 Å². The number of rotatable bonds is 4. The molecule has 0 radical (unpaired) electrons. The molecule has 0 saturated carbocycles. The first kappa shape index (κ1) is 11.7. The van der Waals surface area contributed by atoms with E-state index in [1.54, 1.807) is 12.1 Å². The number of guanidine groups is 1. The molecule has 1 atom stereocenters. The molecule has 15 heavy (non-hydrogen) atoms. The van der Waals surface area contributed by atoms with Gasteiger partial charge in [-0.3, -0.25) is 0 Å². The Morgan fingerprint density at radius 2 is 2.27 bits per heavy atom. The second-order valence-electron chi connectivity index (χ2n) is 3.15. The smallest absolute Gasteiger partial charge is 0.186 e. The van der Waals surface area contributed by atoms with E-state index in [0.29, 0.717) is 17.3 Å². The molecule has 0 saturated heterocycles. The number of benzene rings is 1. The summed E-state index contributed by atoms with van der Waals surface area (Å²) in [6.45, 7) is 2.31. The number of hydrogen-bond donors (Lipinski definition) is 2. The van der Waals surface area contributed by atoms with Gasteiger partial charge in [-0.25, -0.2) is 4.99 Å². The van der Waals surface area contributed by atoms with Crippen LogP contribution in [0.2, 0.25) is 5.02 Å². The highest BCUT2D eigenvalue weighted by atomic mass is 35.5. The van der Waals surface area contributed by atoms with Gasteiger partial charge in [-0.15, -0.1) is 0 Å². The van der Waals surface area contributed by atoms with E-state index in [1.165, 1.54) is 0 Å². The number of nitrogens with zero attached hydrogens (tertiary/aromatic N) is 1. The molecule has 0 aliphatic heterocycles. The number of nitrogens with two attached hydrogens (primary N) is 2. The fourth-order valence-electron chi connectivity index (χ4n) is 1.04. The van der Waals surface area contributed by atoms with E-state index in [1.807, 2.05) is 19.1 Å². The summed E-state index contributed by atoms with van der Waals surface area (Å²) in [7, 11) is 0. The zero-order valence-corrected chi connectivity index (χ0v) is 9.24. The van der Waals surface area contributed by atoms with Crippen LogP contribution >= 0.6 is 11.6 Å². The fourth-order valence-corrected chi connectivity index (χ4v) is 1.22. The Bertz CT molecular complexity index is 350. The van der Waals surface area contributed by atoms with Gasteiger partial charge in [-0.1, -0.05) is 17.7 Å². The summed E-state index contributed by atoms with van der Waals surface area (Å²) < 4.78 is 5.54. The van der Waals surface area contributed by atoms with Crippen LogP contribution in [-0.2, 0) is 0 Å². The van der Waals surface area contributed by atoms with Crippen molar-refractivity contribution < 1.29 is 4.74 Å². The summed E-state index contributed by atoms with van der Waals surface area (Å²) in [4.78, 5) is 3.86. The van der Waals surface area contributed by atoms with Gasteiger partial charge in [-0.05, 0) is 25.1 Å². The van der Waals surface area contributed by atoms with Gasteiger partial charge in [0.1, 0.15) is 11.9 Å². The number of ether oxygens (including phenoxy) is 1. The third kappa shape index (κ3) is 4.56. The predicted octanol–water partition coefficient (Wildman–Crippen LogP) is 1.38. The standard InChI is InChI=1S/C10H14ClN3O/c1-7(6-14-10(12)13)15-9-4-2-3-8(11)5-9/h2-5,7H,6H2,1H3,(H4,12,13,14). The first-order valence-electron chi connectivity index (χ1n) is 4.55. The molecule has 0 heterocycles. The van der Waals surface area contributed by atoms with Gasteiger partial charge in [-0.2, -0.15) is 0 Å². The van der Waals surface area contributed by atoms with Crippen LogP contribution in [0.15, 0.2) is 29.3 Å². The average molecular weight is 228 g/mol. The molecule has 1 rings (SSSR count). The van der Waals surface area contributed by atoms with Crippen LogP contribution in [0.1, 0.15) is 6.92 Å². The quantitative estimate of drug-likeness (QED) is 0.603. The van der Waals surface area contributed by atoms with Crippen molar-refractivity contribution in [3.8, 4) is 5.75 Å². The van der Waals surface area contributed by atoms with Gasteiger partial charge in [0.15, 0.2) is 5.96 Å². The highest BCUT2D eigenvalue weighted by Gasteiger charge is 2.03. The van der Waals surface area contributed by atoms with Crippen molar-refractivity contribution in [2.45, 2.75) is 13.0 Å². The molecule has 0 aromatic heterocycles. The van der Waals surface area contributed by atoms with E-state index in [0.717, 1.165) is 0 Å². The Balaban J connectivity index is 2.51. The third-order valence-corrected chi connectivity index (χ3v) is 1.90. The summed E-state index contributed by atoms with van der Waals surface area (Å²) >= 11 is 5.81. The molecule has 0 bridgehead atoms. The maximum Gasteiger partial charge on any atom is 0.186 e. The Morgan fingerprint density at radius 3 is 2.87 bits per heavy atom. The molecule has 0 amide bonds. The Hall–Kier alpha value is -1.42. The first-order valence-corrected chi connectivity index (χ1v) is 4.93. The van der Waals surface area contributed by atoms with Crippen molar-refractivity contribution >= 4 is 17.6 Å². The van der Waals surface area contributed by atoms with Crippen molar-refractivity contribution in [1.82, 2.24) is 0 Å². The lowest BCUT2D eigenvalue weighted by Crippen LogP contribution is -2.26. The maximum atomic E-state index is 5.81. The van der Waals surface area contributed by atoms with Crippen molar-refractivity contribution in [3.63, 3.8) is 0 Å². The molecule has 1 aromatic carbocycles. The SMILES string of the molecule is CC(CN=C(N)N)Oc1cccc(Cl)c1. The van der Waals surface area contributed by atoms with Crippen LogP contribution < -0.4 is 16.2 Å². The second-order valence-corrected chi connectivity index (χ2v) is 3.59. The van der Waals surface area contributed by atoms with E-state index in [4.69, 9.17) is 27.8 Å². The number of hydrogen-bond acceptors (Lipinski definition) is 2. The minimum atomic E-state index is -0.0921. The van der Waals surface area contributed by atoms with Crippen LogP contribution in [0.5, 0.6) is 5.75 Å². The Morgan fingerprint density at radius 1 is 1.53 bits per heavy atom. The summed E-state index contributed by atoms with van der Waals surface area (Å²) in [5.41, 5.74) is 10.4. The van der Waals surface area contributed by atoms with Crippen LogP contribution in [0.3, 0.4) is 0 Å². The van der Waals surface area contributed by atoms with Crippen molar-refractivity contribution in [2.75, 3.05) is 6.54 Å². The molecule has 0 fully saturated rings. The van der Waals surface area contributed by atoms with Crippen molar-refractivity contribution in [3.05, 3.63) is 29.3 Å². The normalized spacial score (nSPS) is 11.9. The number of aliphatic imine (C=N–C) groups is 1. The van der Waals surface area contributed by atoms with Crippen LogP contribution in [-0.4, -0.2) is 18.6 Å². The van der Waals surface area contributed by atoms with Gasteiger partial charge < -0.3 is 16.2 Å². The van der Waals surface area contributed by atoms with Crippen molar-refractivity contribution in [2.24, 2.45) is 16.5 Å². The monoisotopic (exact) mass is 227 g/mol. The molecule has 4 N–H and O–H groups in total. The van der Waals surface area contributed by atoms with Crippen LogP contribution in [0.4, 0.5) is 0 Å². The second kappa shape index (κ2) is 5.46. The molecule has 82 valence electrons. The lowest BCUT2D eigenvalue weighted by atomic mass is 10.3. The summed E-state index contributed by atoms with van der Waals surface area (Å²) in [6, 6.07) is 7.19. The van der Waals surface area contributed by atoms with E-state index >= 15 is 0 Å². The molecular weight excluding hydrogens is 214 g/mol. The molecule has 0 spiro atoms. The van der Waals surface area contributed by atoms with E-state index < -0.39 is 0 Å². The van der Waals surface area contributed by atoms with Gasteiger partial charge in [0, 0.05) is 5.02 Å². The molecule has 0 aliphatic carbocycles. The largest absolute Gasteiger partial charge is 0.489 e. The maximum absolute atomic E-state index is 5.81. The lowest BCUT2D eigenvalue weighted by Gasteiger charge is -2.12. The highest BCUT2D eigenvalue weighted by Crippen LogP contribution is 2.18. The minimum absolute atomic E-state index is 0.0662. The third-order valence-electron chi connectivity index (χ3n) is 1.66. The van der Waals surface area contributed by atoms with Crippen LogP contribution in [0.25, 0.3) is 0 Å². The summed E-state index contributed by atoms with van der Waals surface area (Å²) in [5, 5.41) is 0.640. The van der Waals surface area contributed by atoms with Gasteiger partial charge >= 0.3 is 0 Å². The molecule has 5 heteroatoms. The molecule has 1 aromatic rings. The zero-order chi connectivity index (χ0) is 11.3. The molecule has 0 aliphatic rings. The van der Waals surface area contributed by atoms with E-state index in [2.05, 4.69) is 4.99 Å². The van der Waals surface area contributed by atoms with Gasteiger partial charge in [0.05, 0.1) is 6.54 Å². The number of halogens is 1. The average Bonchev–Trinajstić information content (AvgIpc) is 2.15. The molecule has 1 unspecified atom stereocenters. The minimum Gasteiger partial charge on any atom is -0.489 e. The lowest BCUT2D eigenvalue weighted by molar-refractivity contribution is 0.230. The first-order chi connectivity index (χ1) is 7.08. The van der Waals surface area contributed by atoms with E-state index in [-0.39, 0.29) is 12.1 Å². The van der Waals surface area contributed by atoms with E-state index in [9.17, 15) is 0 Å². The summed E-state index contributed by atoms with van der Waals surface area (Å²) in [5.74, 6) is 0.775. The molecular formula is C10H14ClN3O. The van der Waals surface area contributed by atoms with Gasteiger partial charge in [0.25, 0.3) is 0 Å².